The molecule has 3 heterocycles. The monoisotopic (exact) mass is 477 g/mol. The summed E-state index contributed by atoms with van der Waals surface area (Å²) in [7, 11) is -1.26. The zero-order valence-corrected chi connectivity index (χ0v) is 19.9. The van der Waals surface area contributed by atoms with Crippen LogP contribution in [0, 0.1) is 0 Å². The maximum absolute atomic E-state index is 12.2. The van der Waals surface area contributed by atoms with Crippen LogP contribution in [0.15, 0.2) is 65.7 Å². The lowest BCUT2D eigenvalue weighted by Gasteiger charge is -2.34. The predicted molar refractivity (Wildman–Crippen MR) is 136 cm³/mol. The summed E-state index contributed by atoms with van der Waals surface area (Å²) in [6, 6.07) is 16.9. The molecule has 0 saturated carbocycles. The molecular formula is C24H27N7O2S. The van der Waals surface area contributed by atoms with Gasteiger partial charge in [-0.25, -0.2) is 13.4 Å². The molecule has 0 aliphatic carbocycles. The molecule has 0 amide bonds. The van der Waals surface area contributed by atoms with Crippen LogP contribution in [0.2, 0.25) is 0 Å². The van der Waals surface area contributed by atoms with Crippen LogP contribution in [0.1, 0.15) is 0 Å². The number of aromatic nitrogens is 3. The molecule has 176 valence electrons. The maximum Gasteiger partial charge on any atom is 0.229 e. The number of anilines is 5. The number of aromatic amines is 1. The Morgan fingerprint density at radius 1 is 0.912 bits per heavy atom. The summed E-state index contributed by atoms with van der Waals surface area (Å²) in [4.78, 5) is 17.3. The van der Waals surface area contributed by atoms with Crippen LogP contribution in [-0.2, 0) is 9.84 Å². The number of para-hydroxylation sites is 1. The van der Waals surface area contributed by atoms with Crippen molar-refractivity contribution in [3.05, 3.63) is 60.8 Å². The summed E-state index contributed by atoms with van der Waals surface area (Å²) in [6.07, 6.45) is 2.97. The molecule has 1 aliphatic rings. The first-order valence-electron chi connectivity index (χ1n) is 11.1. The molecule has 5 rings (SSSR count). The maximum atomic E-state index is 12.2. The highest BCUT2D eigenvalue weighted by molar-refractivity contribution is 7.90. The second-order valence-corrected chi connectivity index (χ2v) is 10.5. The number of rotatable bonds is 6. The number of nitrogens with one attached hydrogen (secondary N) is 3. The Balaban J connectivity index is 1.41. The minimum Gasteiger partial charge on any atom is -0.369 e. The molecule has 1 saturated heterocycles. The highest BCUT2D eigenvalue weighted by Gasteiger charge is 2.17. The van der Waals surface area contributed by atoms with E-state index in [1.54, 1.807) is 30.5 Å². The van der Waals surface area contributed by atoms with Crippen LogP contribution in [-0.4, -0.2) is 67.8 Å². The predicted octanol–water partition coefficient (Wildman–Crippen LogP) is 3.60. The Hall–Kier alpha value is -3.63. The molecule has 0 spiro atoms. The van der Waals surface area contributed by atoms with E-state index in [9.17, 15) is 8.42 Å². The van der Waals surface area contributed by atoms with Gasteiger partial charge in [-0.2, -0.15) is 4.98 Å². The highest BCUT2D eigenvalue weighted by atomic mass is 32.2. The molecule has 0 radical (unpaired) electrons. The van der Waals surface area contributed by atoms with Crippen molar-refractivity contribution in [1.29, 1.82) is 0 Å². The van der Waals surface area contributed by atoms with E-state index in [0.29, 0.717) is 28.5 Å². The molecule has 0 atom stereocenters. The molecule has 9 nitrogen and oxygen atoms in total. The lowest BCUT2D eigenvalue weighted by molar-refractivity contribution is 0.313. The number of benzene rings is 2. The van der Waals surface area contributed by atoms with Crippen molar-refractivity contribution >= 4 is 49.7 Å². The minimum atomic E-state index is -3.41. The number of sulfone groups is 1. The van der Waals surface area contributed by atoms with Gasteiger partial charge in [-0.3, -0.25) is 0 Å². The summed E-state index contributed by atoms with van der Waals surface area (Å²) in [6.45, 7) is 4.15. The summed E-state index contributed by atoms with van der Waals surface area (Å²) in [5.74, 6) is 0.904. The Morgan fingerprint density at radius 2 is 1.65 bits per heavy atom. The van der Waals surface area contributed by atoms with E-state index in [2.05, 4.69) is 54.6 Å². The Kier molecular flexibility index (Phi) is 5.84. The number of H-pyrrole nitrogens is 1. The van der Waals surface area contributed by atoms with E-state index >= 15 is 0 Å². The number of hydrogen-bond acceptors (Lipinski definition) is 8. The van der Waals surface area contributed by atoms with E-state index in [-0.39, 0.29) is 4.90 Å². The molecule has 2 aromatic heterocycles. The van der Waals surface area contributed by atoms with E-state index in [0.717, 1.165) is 31.9 Å². The second-order valence-electron chi connectivity index (χ2n) is 8.49. The number of likely N-dealkylation sites (N-methyl/N-ethyl adjacent to an activating group) is 1. The van der Waals surface area contributed by atoms with E-state index < -0.39 is 9.84 Å². The highest BCUT2D eigenvalue weighted by Crippen LogP contribution is 2.29. The molecule has 4 aromatic rings. The fourth-order valence-electron chi connectivity index (χ4n) is 4.06. The number of piperazine rings is 1. The van der Waals surface area contributed by atoms with E-state index in [4.69, 9.17) is 0 Å². The summed E-state index contributed by atoms with van der Waals surface area (Å²) in [5, 5.41) is 6.45. The largest absolute Gasteiger partial charge is 0.369 e. The average molecular weight is 478 g/mol. The van der Waals surface area contributed by atoms with Crippen molar-refractivity contribution in [1.82, 2.24) is 19.9 Å². The van der Waals surface area contributed by atoms with Crippen molar-refractivity contribution in [3.63, 3.8) is 0 Å². The fourth-order valence-corrected chi connectivity index (χ4v) is 4.91. The third kappa shape index (κ3) is 4.68. The first-order valence-corrected chi connectivity index (χ1v) is 13.0. The molecule has 10 heteroatoms. The van der Waals surface area contributed by atoms with Gasteiger partial charge in [0.2, 0.25) is 5.95 Å². The van der Waals surface area contributed by atoms with Gasteiger partial charge in [0.25, 0.3) is 0 Å². The molecule has 34 heavy (non-hydrogen) atoms. The standard InChI is InChI=1S/C24H27N7O2S/c1-30-13-15-31(16-14-30)18-9-7-17(8-10-18)26-24-28-20-11-12-25-22(20)23(29-24)27-19-5-3-4-6-21(19)34(2,32)33/h3-12,25H,13-16H2,1-2H3,(H2,26,27,28,29). The van der Waals surface area contributed by atoms with Gasteiger partial charge in [-0.05, 0) is 49.5 Å². The topological polar surface area (TPSA) is 106 Å². The Morgan fingerprint density at radius 3 is 2.38 bits per heavy atom. The van der Waals surface area contributed by atoms with Gasteiger partial charge < -0.3 is 25.4 Å². The fraction of sp³-hybridized carbons (Fsp3) is 0.250. The normalized spacial score (nSPS) is 14.9. The van der Waals surface area contributed by atoms with Crippen LogP contribution in [0.5, 0.6) is 0 Å². The van der Waals surface area contributed by atoms with Crippen LogP contribution in [0.25, 0.3) is 11.0 Å². The number of hydrogen-bond donors (Lipinski definition) is 3. The first-order chi connectivity index (χ1) is 16.4. The van der Waals surface area contributed by atoms with Gasteiger partial charge >= 0.3 is 0 Å². The summed E-state index contributed by atoms with van der Waals surface area (Å²) < 4.78 is 24.4. The second kappa shape index (κ2) is 8.96. The van der Waals surface area contributed by atoms with Gasteiger partial charge in [0, 0.05) is 50.0 Å². The van der Waals surface area contributed by atoms with Crippen LogP contribution in [0.3, 0.4) is 0 Å². The number of nitrogens with zero attached hydrogens (tertiary/aromatic N) is 4. The van der Waals surface area contributed by atoms with Crippen LogP contribution >= 0.6 is 0 Å². The lowest BCUT2D eigenvalue weighted by Crippen LogP contribution is -2.44. The zero-order valence-electron chi connectivity index (χ0n) is 19.1. The molecular weight excluding hydrogens is 450 g/mol. The Bertz CT molecular complexity index is 1410. The van der Waals surface area contributed by atoms with Crippen molar-refractivity contribution in [2.45, 2.75) is 4.90 Å². The van der Waals surface area contributed by atoms with Crippen molar-refractivity contribution in [2.24, 2.45) is 0 Å². The van der Waals surface area contributed by atoms with Crippen molar-refractivity contribution < 1.29 is 8.42 Å². The van der Waals surface area contributed by atoms with Crippen LogP contribution in [0.4, 0.5) is 28.8 Å². The molecule has 1 aliphatic heterocycles. The molecule has 3 N–H and O–H groups in total. The quantitative estimate of drug-likeness (QED) is 0.387. The van der Waals surface area contributed by atoms with Crippen molar-refractivity contribution in [2.75, 3.05) is 55.0 Å². The minimum absolute atomic E-state index is 0.210. The third-order valence-corrected chi connectivity index (χ3v) is 7.09. The van der Waals surface area contributed by atoms with Crippen molar-refractivity contribution in [3.8, 4) is 0 Å². The third-order valence-electron chi connectivity index (χ3n) is 5.94. The first kappa shape index (κ1) is 22.2. The average Bonchev–Trinajstić information content (AvgIpc) is 3.29. The lowest BCUT2D eigenvalue weighted by atomic mass is 10.2. The van der Waals surface area contributed by atoms with Crippen LogP contribution < -0.4 is 15.5 Å². The van der Waals surface area contributed by atoms with E-state index in [1.807, 2.05) is 18.2 Å². The van der Waals surface area contributed by atoms with Gasteiger partial charge in [-0.1, -0.05) is 12.1 Å². The number of fused-ring (bicyclic) bond motifs is 1. The zero-order chi connectivity index (χ0) is 23.7. The SMILES string of the molecule is CN1CCN(c2ccc(Nc3nc(Nc4ccccc4S(C)(=O)=O)c4[nH]ccc4n3)cc2)CC1. The molecule has 1 fully saturated rings. The smallest absolute Gasteiger partial charge is 0.229 e. The van der Waals surface area contributed by atoms with Gasteiger partial charge in [-0.15, -0.1) is 0 Å². The molecule has 2 aromatic carbocycles. The summed E-state index contributed by atoms with van der Waals surface area (Å²) >= 11 is 0. The molecule has 0 bridgehead atoms. The van der Waals surface area contributed by atoms with E-state index in [1.165, 1.54) is 11.9 Å². The van der Waals surface area contributed by atoms with Gasteiger partial charge in [0.1, 0.15) is 5.52 Å². The molecule has 0 unspecified atom stereocenters. The van der Waals surface area contributed by atoms with Gasteiger partial charge in [0.05, 0.1) is 16.1 Å². The summed E-state index contributed by atoms with van der Waals surface area (Å²) in [5.41, 5.74) is 3.93. The Labute approximate surface area is 198 Å². The van der Waals surface area contributed by atoms with Gasteiger partial charge in [0.15, 0.2) is 15.7 Å².